The average Bonchev–Trinajstić information content (AvgIpc) is 3.38. The van der Waals surface area contributed by atoms with Crippen molar-refractivity contribution < 1.29 is 18.7 Å². The molecule has 5 nitrogen and oxygen atoms in total. The number of halogens is 1. The van der Waals surface area contributed by atoms with E-state index in [1.165, 1.54) is 12.1 Å². The molecule has 1 amide bonds. The molecule has 3 aromatic rings. The van der Waals surface area contributed by atoms with Gasteiger partial charge in [-0.15, -0.1) is 11.3 Å². The summed E-state index contributed by atoms with van der Waals surface area (Å²) in [4.78, 5) is 28.8. The molecule has 0 aliphatic carbocycles. The number of ether oxygens (including phenoxy) is 1. The number of nitrogens with zero attached hydrogens (tertiary/aromatic N) is 1. The minimum Gasteiger partial charge on any atom is -0.497 e. The van der Waals surface area contributed by atoms with Crippen molar-refractivity contribution in [3.05, 3.63) is 87.9 Å². The number of hydrogen-bond donors (Lipinski definition) is 1. The standard InChI is InChI=1S/C26H27FN2O3S/c1-32-22-10-6-19(7-11-22)26(31)20-12-14-29(15-13-20)17-24(30)28-25(23-3-2-16-33-23)18-4-8-21(27)9-5-18/h2-11,16,20,25H,12-15,17H2,1H3,(H,28,30)/t25-/m0/s1. The average molecular weight is 467 g/mol. The van der Waals surface area contributed by atoms with Crippen LogP contribution in [-0.4, -0.2) is 43.3 Å². The zero-order valence-corrected chi connectivity index (χ0v) is 19.3. The van der Waals surface area contributed by atoms with Gasteiger partial charge >= 0.3 is 0 Å². The van der Waals surface area contributed by atoms with Crippen molar-refractivity contribution >= 4 is 23.0 Å². The summed E-state index contributed by atoms with van der Waals surface area (Å²) in [5, 5.41) is 5.06. The van der Waals surface area contributed by atoms with E-state index in [0.717, 1.165) is 29.0 Å². The van der Waals surface area contributed by atoms with Crippen LogP contribution in [0.4, 0.5) is 4.39 Å². The highest BCUT2D eigenvalue weighted by Crippen LogP contribution is 2.27. The highest BCUT2D eigenvalue weighted by atomic mass is 32.1. The third-order valence-electron chi connectivity index (χ3n) is 6.04. The van der Waals surface area contributed by atoms with Gasteiger partial charge in [0.25, 0.3) is 0 Å². The lowest BCUT2D eigenvalue weighted by Gasteiger charge is -2.31. The molecule has 4 rings (SSSR count). The second-order valence-electron chi connectivity index (χ2n) is 8.21. The molecule has 1 aliphatic heterocycles. The molecule has 2 aromatic carbocycles. The molecule has 7 heteroatoms. The molecular formula is C26H27FN2O3S. The molecule has 1 atom stereocenters. The molecule has 172 valence electrons. The van der Waals surface area contributed by atoms with Gasteiger partial charge in [0.05, 0.1) is 19.7 Å². The van der Waals surface area contributed by atoms with E-state index in [0.29, 0.717) is 18.7 Å². The van der Waals surface area contributed by atoms with Crippen LogP contribution in [0.1, 0.15) is 39.7 Å². The van der Waals surface area contributed by atoms with Crippen molar-refractivity contribution in [3.8, 4) is 5.75 Å². The van der Waals surface area contributed by atoms with E-state index >= 15 is 0 Å². The SMILES string of the molecule is COc1ccc(C(=O)C2CCN(CC(=O)N[C@@H](c3ccc(F)cc3)c3cccs3)CC2)cc1. The Morgan fingerprint density at radius 2 is 1.79 bits per heavy atom. The highest BCUT2D eigenvalue weighted by molar-refractivity contribution is 7.10. The fourth-order valence-electron chi connectivity index (χ4n) is 4.18. The van der Waals surface area contributed by atoms with Gasteiger partial charge in [-0.25, -0.2) is 4.39 Å². The summed E-state index contributed by atoms with van der Waals surface area (Å²) in [6.45, 7) is 1.66. The topological polar surface area (TPSA) is 58.6 Å². The molecule has 1 aliphatic rings. The van der Waals surface area contributed by atoms with Crippen molar-refractivity contribution in [2.75, 3.05) is 26.7 Å². The molecule has 0 unspecified atom stereocenters. The van der Waals surface area contributed by atoms with Gasteiger partial charge in [-0.1, -0.05) is 18.2 Å². The van der Waals surface area contributed by atoms with Gasteiger partial charge in [0.1, 0.15) is 11.6 Å². The quantitative estimate of drug-likeness (QED) is 0.489. The number of methoxy groups -OCH3 is 1. The molecule has 0 radical (unpaired) electrons. The van der Waals surface area contributed by atoms with Crippen LogP contribution < -0.4 is 10.1 Å². The first-order valence-electron chi connectivity index (χ1n) is 11.0. The van der Waals surface area contributed by atoms with E-state index < -0.39 is 0 Å². The number of amides is 1. The number of carbonyl (C=O) groups excluding carboxylic acids is 2. The Morgan fingerprint density at radius 3 is 2.39 bits per heavy atom. The van der Waals surface area contributed by atoms with Crippen molar-refractivity contribution in [3.63, 3.8) is 0 Å². The molecule has 0 bridgehead atoms. The summed E-state index contributed by atoms with van der Waals surface area (Å²) >= 11 is 1.55. The maximum Gasteiger partial charge on any atom is 0.234 e. The lowest BCUT2D eigenvalue weighted by Crippen LogP contribution is -2.43. The smallest absolute Gasteiger partial charge is 0.234 e. The zero-order chi connectivity index (χ0) is 23.2. The van der Waals surface area contributed by atoms with E-state index in [1.54, 1.807) is 54.8 Å². The maximum atomic E-state index is 13.4. The number of piperidine rings is 1. The molecule has 33 heavy (non-hydrogen) atoms. The number of thiophene rings is 1. The number of rotatable bonds is 8. The normalized spacial score (nSPS) is 15.7. The van der Waals surface area contributed by atoms with Crippen molar-refractivity contribution in [2.45, 2.75) is 18.9 Å². The molecule has 1 saturated heterocycles. The molecule has 1 fully saturated rings. The summed E-state index contributed by atoms with van der Waals surface area (Å²) in [5.41, 5.74) is 1.54. The molecular weight excluding hydrogens is 439 g/mol. The van der Waals surface area contributed by atoms with E-state index in [9.17, 15) is 14.0 Å². The minimum atomic E-state index is -0.313. The van der Waals surface area contributed by atoms with Crippen LogP contribution in [0.25, 0.3) is 0 Å². The first-order chi connectivity index (χ1) is 16.0. The third kappa shape index (κ3) is 5.86. The van der Waals surface area contributed by atoms with E-state index in [4.69, 9.17) is 4.74 Å². The van der Waals surface area contributed by atoms with Crippen LogP contribution >= 0.6 is 11.3 Å². The van der Waals surface area contributed by atoms with Crippen molar-refractivity contribution in [2.24, 2.45) is 5.92 Å². The zero-order valence-electron chi connectivity index (χ0n) is 18.5. The van der Waals surface area contributed by atoms with Gasteiger partial charge in [0, 0.05) is 16.4 Å². The van der Waals surface area contributed by atoms with Crippen LogP contribution in [0.15, 0.2) is 66.0 Å². The predicted octanol–water partition coefficient (Wildman–Crippen LogP) is 4.70. The highest BCUT2D eigenvalue weighted by Gasteiger charge is 2.27. The van der Waals surface area contributed by atoms with Crippen molar-refractivity contribution in [1.82, 2.24) is 10.2 Å². The number of benzene rings is 2. The van der Waals surface area contributed by atoms with Gasteiger partial charge in [-0.3, -0.25) is 14.5 Å². The van der Waals surface area contributed by atoms with Crippen molar-refractivity contribution in [1.29, 1.82) is 0 Å². The van der Waals surface area contributed by atoms with Gasteiger partial charge in [-0.05, 0) is 79.3 Å². The van der Waals surface area contributed by atoms with Gasteiger partial charge in [0.2, 0.25) is 5.91 Å². The van der Waals surface area contributed by atoms with E-state index in [1.807, 2.05) is 17.5 Å². The number of ketones is 1. The lowest BCUT2D eigenvalue weighted by atomic mass is 9.89. The molecule has 1 N–H and O–H groups in total. The monoisotopic (exact) mass is 466 g/mol. The molecule has 0 saturated carbocycles. The number of likely N-dealkylation sites (tertiary alicyclic amines) is 1. The van der Waals surface area contributed by atoms with Crippen LogP contribution in [-0.2, 0) is 4.79 Å². The number of carbonyl (C=O) groups is 2. The van der Waals surface area contributed by atoms with Gasteiger partial charge in [-0.2, -0.15) is 0 Å². The Bertz CT molecular complexity index is 1060. The Morgan fingerprint density at radius 1 is 1.09 bits per heavy atom. The predicted molar refractivity (Wildman–Crippen MR) is 127 cm³/mol. The third-order valence-corrected chi connectivity index (χ3v) is 6.97. The number of nitrogens with one attached hydrogen (secondary N) is 1. The maximum absolute atomic E-state index is 13.4. The largest absolute Gasteiger partial charge is 0.497 e. The van der Waals surface area contributed by atoms with Crippen LogP contribution in [0.2, 0.25) is 0 Å². The summed E-state index contributed by atoms with van der Waals surface area (Å²) in [6, 6.07) is 17.0. The second-order valence-corrected chi connectivity index (χ2v) is 9.19. The Kier molecular flexibility index (Phi) is 7.52. The molecule has 0 spiro atoms. The summed E-state index contributed by atoms with van der Waals surface area (Å²) in [7, 11) is 1.60. The van der Waals surface area contributed by atoms with Crippen LogP contribution in [0.3, 0.4) is 0 Å². The summed E-state index contributed by atoms with van der Waals surface area (Å²) < 4.78 is 18.5. The fraction of sp³-hybridized carbons (Fsp3) is 0.308. The Labute approximate surface area is 197 Å². The first kappa shape index (κ1) is 23.1. The lowest BCUT2D eigenvalue weighted by molar-refractivity contribution is -0.123. The number of Topliss-reactive ketones (excluding diaryl/α,β-unsaturated/α-hetero) is 1. The van der Waals surface area contributed by atoms with Crippen LogP contribution in [0, 0.1) is 11.7 Å². The van der Waals surface area contributed by atoms with Gasteiger partial charge in [0.15, 0.2) is 5.78 Å². The first-order valence-corrected chi connectivity index (χ1v) is 11.9. The van der Waals surface area contributed by atoms with Gasteiger partial charge < -0.3 is 10.1 Å². The van der Waals surface area contributed by atoms with E-state index in [-0.39, 0.29) is 36.0 Å². The second kappa shape index (κ2) is 10.7. The molecule has 1 aromatic heterocycles. The molecule has 2 heterocycles. The summed E-state index contributed by atoms with van der Waals surface area (Å²) in [5.74, 6) is 0.459. The Balaban J connectivity index is 1.32. The van der Waals surface area contributed by atoms with E-state index in [2.05, 4.69) is 10.2 Å². The number of hydrogen-bond acceptors (Lipinski definition) is 5. The Hall–Kier alpha value is -3.03. The van der Waals surface area contributed by atoms with Crippen LogP contribution in [0.5, 0.6) is 5.75 Å². The summed E-state index contributed by atoms with van der Waals surface area (Å²) in [6.07, 6.45) is 1.45. The fourth-order valence-corrected chi connectivity index (χ4v) is 4.99. The minimum absolute atomic E-state index is 0.0317.